The molecule has 1 aromatic rings. The number of nitrogens with zero attached hydrogens (tertiary/aromatic N) is 3. The summed E-state index contributed by atoms with van der Waals surface area (Å²) >= 11 is 0. The summed E-state index contributed by atoms with van der Waals surface area (Å²) in [6.07, 6.45) is 3.57. The van der Waals surface area contributed by atoms with Crippen LogP contribution in [-0.2, 0) is 0 Å². The van der Waals surface area contributed by atoms with Crippen molar-refractivity contribution in [3.05, 3.63) is 12.5 Å². The molecule has 3 N–H and O–H groups in total. The second-order valence-electron chi connectivity index (χ2n) is 3.19. The number of hydrogen-bond donors (Lipinski definition) is 2. The fraction of sp³-hybridized carbons (Fsp3) is 0.500. The van der Waals surface area contributed by atoms with Crippen LogP contribution >= 0.6 is 0 Å². The zero-order valence-corrected chi connectivity index (χ0v) is 7.22. The predicted molar refractivity (Wildman–Crippen MR) is 49.3 cm³/mol. The molecule has 70 valence electrons. The van der Waals surface area contributed by atoms with E-state index < -0.39 is 0 Å². The van der Waals surface area contributed by atoms with Gasteiger partial charge in [0.2, 0.25) is 0 Å². The molecule has 0 amide bonds. The second kappa shape index (κ2) is 3.18. The molecule has 0 saturated carbocycles. The van der Waals surface area contributed by atoms with E-state index in [0.29, 0.717) is 12.2 Å². The largest absolute Gasteiger partial charge is 0.394 e. The van der Waals surface area contributed by atoms with Crippen LogP contribution in [0, 0.1) is 0 Å². The lowest BCUT2D eigenvalue weighted by molar-refractivity contribution is 0.198. The van der Waals surface area contributed by atoms with Crippen molar-refractivity contribution in [3.8, 4) is 0 Å². The van der Waals surface area contributed by atoms with E-state index in [1.54, 1.807) is 6.20 Å². The third kappa shape index (κ3) is 1.55. The van der Waals surface area contributed by atoms with Crippen LogP contribution in [-0.4, -0.2) is 34.3 Å². The fourth-order valence-electron chi connectivity index (χ4n) is 1.53. The minimum absolute atomic E-state index is 0.255. The third-order valence-corrected chi connectivity index (χ3v) is 2.18. The van der Waals surface area contributed by atoms with Gasteiger partial charge in [-0.3, -0.25) is 0 Å². The van der Waals surface area contributed by atoms with E-state index in [4.69, 9.17) is 5.73 Å². The molecule has 13 heavy (non-hydrogen) atoms. The van der Waals surface area contributed by atoms with Gasteiger partial charge in [-0.15, -0.1) is 0 Å². The van der Waals surface area contributed by atoms with Gasteiger partial charge in [0.15, 0.2) is 5.82 Å². The molecule has 0 spiro atoms. The molecule has 5 heteroatoms. The van der Waals surface area contributed by atoms with Gasteiger partial charge in [0, 0.05) is 13.1 Å². The first-order valence-electron chi connectivity index (χ1n) is 4.26. The van der Waals surface area contributed by atoms with Crippen molar-refractivity contribution in [2.45, 2.75) is 12.5 Å². The molecular weight excluding hydrogens is 168 g/mol. The Bertz CT molecular complexity index is 304. The summed E-state index contributed by atoms with van der Waals surface area (Å²) in [6, 6.07) is 0. The number of hydrogen-bond acceptors (Lipinski definition) is 5. The number of aliphatic hydroxyl groups is 1. The van der Waals surface area contributed by atoms with Crippen molar-refractivity contribution in [3.63, 3.8) is 0 Å². The Kier molecular flexibility index (Phi) is 2.02. The summed E-state index contributed by atoms with van der Waals surface area (Å²) < 4.78 is 0. The highest BCUT2D eigenvalue weighted by molar-refractivity contribution is 5.61. The number of aliphatic hydroxyl groups excluding tert-OH is 1. The van der Waals surface area contributed by atoms with Gasteiger partial charge < -0.3 is 15.7 Å². The molecule has 1 aliphatic rings. The maximum Gasteiger partial charge on any atom is 0.155 e. The van der Waals surface area contributed by atoms with Crippen LogP contribution in [0.25, 0.3) is 0 Å². The van der Waals surface area contributed by atoms with Gasteiger partial charge in [0.05, 0.1) is 18.0 Å². The summed E-state index contributed by atoms with van der Waals surface area (Å²) in [5, 5.41) is 9.33. The molecule has 1 aromatic heterocycles. The van der Waals surface area contributed by atoms with Crippen LogP contribution in [0.5, 0.6) is 0 Å². The lowest BCUT2D eigenvalue weighted by Crippen LogP contribution is -2.23. The van der Waals surface area contributed by atoms with Gasteiger partial charge in [-0.05, 0) is 6.42 Å². The van der Waals surface area contributed by atoms with Gasteiger partial charge in [0.1, 0.15) is 6.33 Å². The summed E-state index contributed by atoms with van der Waals surface area (Å²) in [7, 11) is 0. The van der Waals surface area contributed by atoms with Crippen LogP contribution in [0.1, 0.15) is 6.42 Å². The van der Waals surface area contributed by atoms with E-state index in [0.717, 1.165) is 18.8 Å². The van der Waals surface area contributed by atoms with Crippen molar-refractivity contribution in [1.29, 1.82) is 0 Å². The van der Waals surface area contributed by atoms with Gasteiger partial charge >= 0.3 is 0 Å². The molecule has 0 bridgehead atoms. The molecule has 0 radical (unpaired) electrons. The fourth-order valence-corrected chi connectivity index (χ4v) is 1.53. The standard InChI is InChI=1S/C8H12N4O/c9-7-3-10-5-11-8(7)12-2-1-6(13)4-12/h3,5-6,13H,1-2,4,9H2/t6-/m0/s1. The molecule has 1 aliphatic heterocycles. The molecule has 5 nitrogen and oxygen atoms in total. The molecule has 1 atom stereocenters. The van der Waals surface area contributed by atoms with Gasteiger partial charge in [0.25, 0.3) is 0 Å². The maximum atomic E-state index is 9.33. The third-order valence-electron chi connectivity index (χ3n) is 2.18. The number of anilines is 2. The smallest absolute Gasteiger partial charge is 0.155 e. The van der Waals surface area contributed by atoms with E-state index in [2.05, 4.69) is 9.97 Å². The van der Waals surface area contributed by atoms with Crippen molar-refractivity contribution < 1.29 is 5.11 Å². The quantitative estimate of drug-likeness (QED) is 0.616. The Morgan fingerprint density at radius 3 is 3.08 bits per heavy atom. The van der Waals surface area contributed by atoms with Crippen LogP contribution in [0.3, 0.4) is 0 Å². The van der Waals surface area contributed by atoms with Gasteiger partial charge in [-0.1, -0.05) is 0 Å². The van der Waals surface area contributed by atoms with E-state index >= 15 is 0 Å². The van der Waals surface area contributed by atoms with Crippen LogP contribution in [0.2, 0.25) is 0 Å². The zero-order valence-electron chi connectivity index (χ0n) is 7.22. The summed E-state index contributed by atoms with van der Waals surface area (Å²) in [4.78, 5) is 9.86. The topological polar surface area (TPSA) is 75.3 Å². The van der Waals surface area contributed by atoms with E-state index in [1.807, 2.05) is 4.90 Å². The Balaban J connectivity index is 2.21. The molecule has 2 rings (SSSR count). The Morgan fingerprint density at radius 2 is 2.46 bits per heavy atom. The molecule has 0 unspecified atom stereocenters. The molecule has 1 fully saturated rings. The van der Waals surface area contributed by atoms with Gasteiger partial charge in [-0.2, -0.15) is 0 Å². The molecular formula is C8H12N4O. The van der Waals surface area contributed by atoms with E-state index in [9.17, 15) is 5.11 Å². The lowest BCUT2D eigenvalue weighted by Gasteiger charge is -2.17. The molecule has 0 aliphatic carbocycles. The Morgan fingerprint density at radius 1 is 1.62 bits per heavy atom. The first-order valence-corrected chi connectivity index (χ1v) is 4.26. The minimum atomic E-state index is -0.255. The summed E-state index contributed by atoms with van der Waals surface area (Å²) in [6.45, 7) is 1.42. The highest BCUT2D eigenvalue weighted by Crippen LogP contribution is 2.22. The average molecular weight is 180 g/mol. The molecule has 1 saturated heterocycles. The van der Waals surface area contributed by atoms with Crippen LogP contribution in [0.15, 0.2) is 12.5 Å². The van der Waals surface area contributed by atoms with Crippen molar-refractivity contribution in [1.82, 2.24) is 9.97 Å². The second-order valence-corrected chi connectivity index (χ2v) is 3.19. The molecule has 0 aromatic carbocycles. The normalized spacial score (nSPS) is 22.2. The maximum absolute atomic E-state index is 9.33. The number of nitrogens with two attached hydrogens (primary N) is 1. The number of nitrogen functional groups attached to an aromatic ring is 1. The first kappa shape index (κ1) is 8.25. The van der Waals surface area contributed by atoms with E-state index in [1.165, 1.54) is 6.33 Å². The summed E-state index contributed by atoms with van der Waals surface area (Å²) in [5.41, 5.74) is 6.26. The number of rotatable bonds is 1. The molecule has 2 heterocycles. The van der Waals surface area contributed by atoms with Gasteiger partial charge in [-0.25, -0.2) is 9.97 Å². The van der Waals surface area contributed by atoms with Crippen LogP contribution < -0.4 is 10.6 Å². The highest BCUT2D eigenvalue weighted by Gasteiger charge is 2.22. The Labute approximate surface area is 76.2 Å². The minimum Gasteiger partial charge on any atom is -0.394 e. The van der Waals surface area contributed by atoms with Crippen LogP contribution in [0.4, 0.5) is 11.5 Å². The predicted octanol–water partition coefficient (Wildman–Crippen LogP) is -0.370. The monoisotopic (exact) mass is 180 g/mol. The van der Waals surface area contributed by atoms with Crippen molar-refractivity contribution in [2.75, 3.05) is 23.7 Å². The highest BCUT2D eigenvalue weighted by atomic mass is 16.3. The number of aromatic nitrogens is 2. The SMILES string of the molecule is Nc1cncnc1N1CC[C@H](O)C1. The summed E-state index contributed by atoms with van der Waals surface area (Å²) in [5.74, 6) is 0.728. The zero-order chi connectivity index (χ0) is 9.26. The van der Waals surface area contributed by atoms with Crippen molar-refractivity contribution in [2.24, 2.45) is 0 Å². The lowest BCUT2D eigenvalue weighted by atomic mass is 10.3. The average Bonchev–Trinajstić information content (AvgIpc) is 2.53. The number of β-amino-alcohol motifs (C(OH)–C–C–N with tert-alkyl or cyclic N) is 1. The van der Waals surface area contributed by atoms with Crippen molar-refractivity contribution >= 4 is 11.5 Å². The Hall–Kier alpha value is -1.36. The first-order chi connectivity index (χ1) is 6.27. The van der Waals surface area contributed by atoms with E-state index in [-0.39, 0.29) is 6.10 Å².